The number of rotatable bonds is 10. The minimum absolute atomic E-state index is 0.0748. The number of ketones is 1. The van der Waals surface area contributed by atoms with Gasteiger partial charge in [0.2, 0.25) is 5.69 Å². The molecule has 2 aromatic carbocycles. The van der Waals surface area contributed by atoms with Gasteiger partial charge in [-0.1, -0.05) is 38.0 Å². The summed E-state index contributed by atoms with van der Waals surface area (Å²) >= 11 is 0. The third-order valence-electron chi connectivity index (χ3n) is 8.42. The number of nitrogens with two attached hydrogens (primary N) is 1. The number of hydrogen-bond acceptors (Lipinski definition) is 5. The normalized spacial score (nSPS) is 18.6. The average molecular weight is 565 g/mol. The summed E-state index contributed by atoms with van der Waals surface area (Å²) in [6, 6.07) is 11.4. The monoisotopic (exact) mass is 564 g/mol. The Kier molecular flexibility index (Phi) is 8.28. The molecule has 4 rings (SSSR count). The first-order valence-corrected chi connectivity index (χ1v) is 15.4. The molecular formula is C32H42N3O4S+. The van der Waals surface area contributed by atoms with Gasteiger partial charge in [-0.05, 0) is 69.5 Å². The number of unbranched alkanes of at least 4 members (excludes halogenated alkanes) is 2. The molecule has 3 N–H and O–H groups in total. The Bertz CT molecular complexity index is 1530. The van der Waals surface area contributed by atoms with Crippen LogP contribution in [0.5, 0.6) is 0 Å². The van der Waals surface area contributed by atoms with Crippen molar-refractivity contribution in [1.29, 1.82) is 0 Å². The van der Waals surface area contributed by atoms with Gasteiger partial charge in [0.05, 0.1) is 16.9 Å². The largest absolute Gasteiger partial charge is 0.344 e. The Morgan fingerprint density at radius 1 is 1.02 bits per heavy atom. The summed E-state index contributed by atoms with van der Waals surface area (Å²) in [5.41, 5.74) is 12.6. The van der Waals surface area contributed by atoms with Gasteiger partial charge in [0, 0.05) is 47.5 Å². The van der Waals surface area contributed by atoms with Gasteiger partial charge in [0.25, 0.3) is 10.1 Å². The summed E-state index contributed by atoms with van der Waals surface area (Å²) in [7, 11) is -2.22. The van der Waals surface area contributed by atoms with E-state index in [1.54, 1.807) is 12.1 Å². The minimum Gasteiger partial charge on any atom is -0.344 e. The number of fused-ring (bicyclic) bond motifs is 2. The first-order valence-electron chi connectivity index (χ1n) is 13.9. The highest BCUT2D eigenvalue weighted by atomic mass is 32.2. The van der Waals surface area contributed by atoms with Gasteiger partial charge in [-0.25, -0.2) is 0 Å². The molecule has 40 heavy (non-hydrogen) atoms. The predicted octanol–water partition coefficient (Wildman–Crippen LogP) is 5.57. The van der Waals surface area contributed by atoms with Crippen LogP contribution in [0, 0.1) is 6.92 Å². The van der Waals surface area contributed by atoms with Crippen LogP contribution in [-0.4, -0.2) is 49.2 Å². The summed E-state index contributed by atoms with van der Waals surface area (Å²) in [5.74, 6) is 0.0748. The van der Waals surface area contributed by atoms with Gasteiger partial charge >= 0.3 is 0 Å². The molecule has 0 atom stereocenters. The van der Waals surface area contributed by atoms with E-state index in [9.17, 15) is 17.8 Å². The molecule has 0 radical (unpaired) electrons. The Morgan fingerprint density at radius 3 is 2.42 bits per heavy atom. The molecule has 7 nitrogen and oxygen atoms in total. The first kappa shape index (κ1) is 29.9. The Morgan fingerprint density at radius 2 is 1.75 bits per heavy atom. The lowest BCUT2D eigenvalue weighted by Crippen LogP contribution is -2.27. The number of Topliss-reactive ketones (excluding diaryl/α,β-unsaturated/α-hetero) is 1. The van der Waals surface area contributed by atoms with Crippen LogP contribution in [-0.2, 0) is 25.7 Å². The topological polar surface area (TPSA) is 104 Å². The molecule has 0 saturated carbocycles. The molecule has 2 aromatic rings. The van der Waals surface area contributed by atoms with E-state index in [2.05, 4.69) is 87.6 Å². The molecule has 2 heterocycles. The molecular weight excluding hydrogens is 522 g/mol. The lowest BCUT2D eigenvalue weighted by Gasteiger charge is -2.27. The Labute approximate surface area is 238 Å². The van der Waals surface area contributed by atoms with Crippen LogP contribution < -0.4 is 10.6 Å². The number of anilines is 1. The molecule has 0 spiro atoms. The van der Waals surface area contributed by atoms with E-state index >= 15 is 0 Å². The molecule has 0 fully saturated rings. The van der Waals surface area contributed by atoms with Crippen molar-refractivity contribution in [3.05, 3.63) is 77.0 Å². The number of nitrogens with zero attached hydrogens (tertiary/aromatic N) is 2. The van der Waals surface area contributed by atoms with E-state index in [-0.39, 0.29) is 22.6 Å². The van der Waals surface area contributed by atoms with Gasteiger partial charge in [0.1, 0.15) is 12.8 Å². The lowest BCUT2D eigenvalue weighted by molar-refractivity contribution is -0.401. The maximum Gasteiger partial charge on any atom is 0.294 e. The lowest BCUT2D eigenvalue weighted by atomic mass is 9.80. The van der Waals surface area contributed by atoms with E-state index in [0.29, 0.717) is 6.42 Å². The molecule has 2 aliphatic heterocycles. The van der Waals surface area contributed by atoms with Crippen LogP contribution in [0.2, 0.25) is 0 Å². The fourth-order valence-corrected chi connectivity index (χ4v) is 6.61. The highest BCUT2D eigenvalue weighted by Crippen LogP contribution is 2.48. The number of aryl methyl sites for hydroxylation is 1. The summed E-state index contributed by atoms with van der Waals surface area (Å²) in [6.45, 7) is 11.6. The maximum atomic E-state index is 11.9. The first-order chi connectivity index (χ1) is 18.7. The highest BCUT2D eigenvalue weighted by Gasteiger charge is 2.43. The fourth-order valence-electron chi connectivity index (χ4n) is 6.11. The number of benzene rings is 2. The van der Waals surface area contributed by atoms with Gasteiger partial charge in [-0.3, -0.25) is 9.35 Å². The zero-order valence-corrected chi connectivity index (χ0v) is 25.3. The molecule has 8 heteroatoms. The zero-order chi connectivity index (χ0) is 29.5. The predicted molar refractivity (Wildman–Crippen MR) is 161 cm³/mol. The van der Waals surface area contributed by atoms with E-state index < -0.39 is 15.5 Å². The summed E-state index contributed by atoms with van der Waals surface area (Å²) in [5, 5.41) is 0. The molecule has 0 bridgehead atoms. The number of carbonyl (C=O) groups is 1. The fraction of sp³-hybridized carbons (Fsp3) is 0.438. The molecule has 0 aliphatic carbocycles. The van der Waals surface area contributed by atoms with Crippen molar-refractivity contribution in [3.63, 3.8) is 0 Å². The van der Waals surface area contributed by atoms with E-state index in [1.165, 1.54) is 28.6 Å². The van der Waals surface area contributed by atoms with Crippen molar-refractivity contribution >= 4 is 33.0 Å². The Hall–Kier alpha value is -3.07. The van der Waals surface area contributed by atoms with Gasteiger partial charge in [-0.2, -0.15) is 13.0 Å². The third-order valence-corrected chi connectivity index (χ3v) is 9.27. The van der Waals surface area contributed by atoms with Gasteiger partial charge in [0.15, 0.2) is 5.71 Å². The van der Waals surface area contributed by atoms with Crippen molar-refractivity contribution < 1.29 is 22.3 Å². The molecule has 0 unspecified atom stereocenters. The van der Waals surface area contributed by atoms with Crippen molar-refractivity contribution in [2.24, 2.45) is 5.73 Å². The van der Waals surface area contributed by atoms with E-state index in [4.69, 9.17) is 5.73 Å². The molecule has 0 amide bonds. The molecule has 0 aromatic heterocycles. The van der Waals surface area contributed by atoms with Crippen LogP contribution in [0.4, 0.5) is 11.4 Å². The highest BCUT2D eigenvalue weighted by molar-refractivity contribution is 7.85. The third kappa shape index (κ3) is 5.57. The molecule has 2 aliphatic rings. The standard InChI is InChI=1S/C32H41N3O4S/c1-22-14-16-27-25(19-22)31(2,3)29(34(27)6)12-10-13-30-32(4,5)26-20-24(40(37,38)39)15-17-28(26)35(30)18-9-7-8-11-23(36)21-33/h10,12-17,19-20H,7-9,11,18,21,33H2,1-6H3/p+1. The average Bonchev–Trinajstić information content (AvgIpc) is 3.21. The van der Waals surface area contributed by atoms with Crippen molar-refractivity contribution in [2.75, 3.05) is 25.0 Å². The smallest absolute Gasteiger partial charge is 0.294 e. The van der Waals surface area contributed by atoms with Crippen LogP contribution in [0.1, 0.15) is 70.1 Å². The second kappa shape index (κ2) is 11.1. The number of hydrogen-bond donors (Lipinski definition) is 2. The second-order valence-corrected chi connectivity index (χ2v) is 13.4. The van der Waals surface area contributed by atoms with Crippen LogP contribution in [0.25, 0.3) is 0 Å². The van der Waals surface area contributed by atoms with Crippen molar-refractivity contribution in [3.8, 4) is 0 Å². The molecule has 0 saturated heterocycles. The second-order valence-electron chi connectivity index (χ2n) is 12.0. The van der Waals surface area contributed by atoms with E-state index in [1.807, 2.05) is 0 Å². The van der Waals surface area contributed by atoms with Gasteiger partial charge < -0.3 is 10.6 Å². The quantitative estimate of drug-likeness (QED) is 0.222. The van der Waals surface area contributed by atoms with Crippen LogP contribution in [0.15, 0.2) is 65.2 Å². The maximum absolute atomic E-state index is 11.9. The Balaban J connectivity index is 1.67. The minimum atomic E-state index is -4.32. The zero-order valence-electron chi connectivity index (χ0n) is 24.5. The van der Waals surface area contributed by atoms with E-state index in [0.717, 1.165) is 42.8 Å². The van der Waals surface area contributed by atoms with Crippen molar-refractivity contribution in [1.82, 2.24) is 0 Å². The van der Waals surface area contributed by atoms with Crippen LogP contribution in [0.3, 0.4) is 0 Å². The van der Waals surface area contributed by atoms with Gasteiger partial charge in [-0.15, -0.1) is 0 Å². The van der Waals surface area contributed by atoms with Crippen LogP contribution >= 0.6 is 0 Å². The molecule has 214 valence electrons. The summed E-state index contributed by atoms with van der Waals surface area (Å²) in [6.07, 6.45) is 9.42. The summed E-state index contributed by atoms with van der Waals surface area (Å²) < 4.78 is 35.8. The number of allylic oxidation sites excluding steroid dienone is 4. The van der Waals surface area contributed by atoms with Crippen molar-refractivity contribution in [2.45, 2.75) is 76.0 Å². The SMILES string of the molecule is Cc1ccc2c(c1)C(C)(C)C(/C=C/C=C1/N(CCCCCC(=O)CN)c3ccc(S(=O)(=O)O)cc3C1(C)C)=[N+]2C. The summed E-state index contributed by atoms with van der Waals surface area (Å²) in [4.78, 5) is 13.7. The number of carbonyl (C=O) groups excluding carboxylic acids is 1.